The minimum atomic E-state index is 0.0680. The smallest absolute Gasteiger partial charge is 0.195 e. The number of unbranched alkanes of at least 4 members (excludes halogenated alkanes) is 1. The predicted molar refractivity (Wildman–Crippen MR) is 103 cm³/mol. The number of hydrogen-bond donors (Lipinski definition) is 0. The molecule has 126 valence electrons. The van der Waals surface area contributed by atoms with Crippen molar-refractivity contribution in [1.29, 1.82) is 0 Å². The van der Waals surface area contributed by atoms with Crippen LogP contribution >= 0.6 is 0 Å². The van der Waals surface area contributed by atoms with Crippen molar-refractivity contribution in [3.8, 4) is 11.8 Å². The van der Waals surface area contributed by atoms with Gasteiger partial charge in [-0.2, -0.15) is 0 Å². The van der Waals surface area contributed by atoms with E-state index < -0.39 is 0 Å². The van der Waals surface area contributed by atoms with Gasteiger partial charge in [0.2, 0.25) is 0 Å². The van der Waals surface area contributed by atoms with Gasteiger partial charge < -0.3 is 4.42 Å². The lowest BCUT2D eigenvalue weighted by Gasteiger charge is -2.07. The first-order valence-corrected chi connectivity index (χ1v) is 8.78. The van der Waals surface area contributed by atoms with Gasteiger partial charge in [0.15, 0.2) is 5.43 Å². The third kappa shape index (κ3) is 4.00. The van der Waals surface area contributed by atoms with Gasteiger partial charge in [-0.05, 0) is 49.6 Å². The predicted octanol–water partition coefficient (Wildman–Crippen LogP) is 5.04. The van der Waals surface area contributed by atoms with Crippen molar-refractivity contribution in [2.24, 2.45) is 0 Å². The Morgan fingerprint density at radius 1 is 1.00 bits per heavy atom. The van der Waals surface area contributed by atoms with Gasteiger partial charge in [0.1, 0.15) is 11.3 Å². The average Bonchev–Trinajstić information content (AvgIpc) is 2.65. The van der Waals surface area contributed by atoms with Gasteiger partial charge in [0.05, 0.1) is 5.39 Å². The maximum absolute atomic E-state index is 12.5. The Bertz CT molecular complexity index is 983. The van der Waals surface area contributed by atoms with Crippen LogP contribution in [0.5, 0.6) is 0 Å². The molecule has 0 aliphatic rings. The molecule has 2 heteroatoms. The molecule has 0 radical (unpaired) electrons. The summed E-state index contributed by atoms with van der Waals surface area (Å²) in [7, 11) is 0. The minimum Gasteiger partial charge on any atom is -0.461 e. The Morgan fingerprint density at radius 2 is 1.76 bits per heavy atom. The fraction of sp³-hybridized carbons (Fsp3) is 0.261. The maximum atomic E-state index is 12.5. The Hall–Kier alpha value is -2.79. The van der Waals surface area contributed by atoms with E-state index in [0.29, 0.717) is 23.0 Å². The standard InChI is InChI=1S/C23H22O2/c1-3-4-5-8-18-11-13-19(14-12-18)15-16-21-17(2)23(24)20-9-6-7-10-22(20)25-21/h6-7,9-14H,3-4,15-16H2,1-2H3. The zero-order chi connectivity index (χ0) is 17.6. The SMILES string of the molecule is CCCC#Cc1ccc(CCc2oc3ccccc3c(=O)c2C)cc1. The molecule has 0 bridgehead atoms. The second-order valence-electron chi connectivity index (χ2n) is 6.22. The van der Waals surface area contributed by atoms with Crippen molar-refractivity contribution >= 4 is 11.0 Å². The molecule has 25 heavy (non-hydrogen) atoms. The highest BCUT2D eigenvalue weighted by Gasteiger charge is 2.10. The molecule has 1 heterocycles. The lowest BCUT2D eigenvalue weighted by molar-refractivity contribution is 0.528. The first-order chi connectivity index (χ1) is 12.2. The van der Waals surface area contributed by atoms with Gasteiger partial charge in [0.25, 0.3) is 0 Å². The zero-order valence-corrected chi connectivity index (χ0v) is 14.8. The van der Waals surface area contributed by atoms with E-state index in [2.05, 4.69) is 43.0 Å². The van der Waals surface area contributed by atoms with E-state index in [0.717, 1.165) is 30.6 Å². The molecule has 0 atom stereocenters. The summed E-state index contributed by atoms with van der Waals surface area (Å²) in [6, 6.07) is 15.7. The molecule has 3 aromatic rings. The molecule has 0 aliphatic heterocycles. The van der Waals surface area contributed by atoms with Crippen molar-refractivity contribution in [3.63, 3.8) is 0 Å². The molecule has 2 nitrogen and oxygen atoms in total. The molecule has 2 aromatic carbocycles. The van der Waals surface area contributed by atoms with Crippen LogP contribution < -0.4 is 5.43 Å². The van der Waals surface area contributed by atoms with E-state index in [1.54, 1.807) is 0 Å². The fourth-order valence-electron chi connectivity index (χ4n) is 2.82. The Morgan fingerprint density at radius 3 is 2.52 bits per heavy atom. The summed E-state index contributed by atoms with van der Waals surface area (Å²) >= 11 is 0. The summed E-state index contributed by atoms with van der Waals surface area (Å²) < 4.78 is 5.96. The van der Waals surface area contributed by atoms with Crippen LogP contribution in [-0.2, 0) is 12.8 Å². The normalized spacial score (nSPS) is 10.5. The fourth-order valence-corrected chi connectivity index (χ4v) is 2.82. The first-order valence-electron chi connectivity index (χ1n) is 8.78. The number of aryl methyl sites for hydroxylation is 2. The van der Waals surface area contributed by atoms with Crippen LogP contribution in [-0.4, -0.2) is 0 Å². The minimum absolute atomic E-state index is 0.0680. The number of hydrogen-bond acceptors (Lipinski definition) is 2. The summed E-state index contributed by atoms with van der Waals surface area (Å²) in [5.74, 6) is 7.11. The third-order valence-corrected chi connectivity index (χ3v) is 4.33. The van der Waals surface area contributed by atoms with Crippen molar-refractivity contribution in [3.05, 3.63) is 81.2 Å². The highest BCUT2D eigenvalue weighted by atomic mass is 16.3. The van der Waals surface area contributed by atoms with Crippen LogP contribution in [0.1, 0.15) is 42.2 Å². The number of benzene rings is 2. The van der Waals surface area contributed by atoms with Crippen LogP contribution in [0.25, 0.3) is 11.0 Å². The summed E-state index contributed by atoms with van der Waals surface area (Å²) in [5, 5.41) is 0.652. The maximum Gasteiger partial charge on any atom is 0.195 e. The summed E-state index contributed by atoms with van der Waals surface area (Å²) in [5.41, 5.74) is 3.70. The first kappa shape index (κ1) is 17.0. The van der Waals surface area contributed by atoms with E-state index in [1.165, 1.54) is 5.56 Å². The quantitative estimate of drug-likeness (QED) is 0.627. The van der Waals surface area contributed by atoms with Gasteiger partial charge >= 0.3 is 0 Å². The molecular weight excluding hydrogens is 308 g/mol. The summed E-state index contributed by atoms with van der Waals surface area (Å²) in [6.07, 6.45) is 3.57. The largest absolute Gasteiger partial charge is 0.461 e. The molecule has 0 spiro atoms. The van der Waals surface area contributed by atoms with Crippen molar-refractivity contribution in [2.75, 3.05) is 0 Å². The van der Waals surface area contributed by atoms with Gasteiger partial charge in [-0.15, -0.1) is 0 Å². The van der Waals surface area contributed by atoms with Crippen LogP contribution in [0.3, 0.4) is 0 Å². The van der Waals surface area contributed by atoms with Gasteiger partial charge in [-0.1, -0.05) is 43.0 Å². The van der Waals surface area contributed by atoms with Gasteiger partial charge in [0, 0.05) is 24.0 Å². The molecule has 0 aliphatic carbocycles. The van der Waals surface area contributed by atoms with E-state index in [1.807, 2.05) is 31.2 Å². The third-order valence-electron chi connectivity index (χ3n) is 4.33. The highest BCUT2D eigenvalue weighted by molar-refractivity contribution is 5.77. The van der Waals surface area contributed by atoms with Crippen molar-refractivity contribution < 1.29 is 4.42 Å². The topological polar surface area (TPSA) is 30.2 Å². The summed E-state index contributed by atoms with van der Waals surface area (Å²) in [4.78, 5) is 12.5. The molecule has 0 saturated heterocycles. The van der Waals surface area contributed by atoms with Gasteiger partial charge in [-0.3, -0.25) is 4.79 Å². The van der Waals surface area contributed by atoms with Crippen LogP contribution in [0.15, 0.2) is 57.7 Å². The van der Waals surface area contributed by atoms with E-state index in [4.69, 9.17) is 4.42 Å². The van der Waals surface area contributed by atoms with Crippen molar-refractivity contribution in [2.45, 2.75) is 39.5 Å². The molecule has 0 fully saturated rings. The Balaban J connectivity index is 1.76. The molecule has 0 unspecified atom stereocenters. The number of rotatable bonds is 4. The van der Waals surface area contributed by atoms with E-state index in [9.17, 15) is 4.79 Å². The average molecular weight is 330 g/mol. The van der Waals surface area contributed by atoms with Crippen LogP contribution in [0, 0.1) is 18.8 Å². The molecule has 0 N–H and O–H groups in total. The van der Waals surface area contributed by atoms with Crippen LogP contribution in [0.4, 0.5) is 0 Å². The second kappa shape index (κ2) is 7.85. The molecular formula is C23H22O2. The molecule has 0 saturated carbocycles. The zero-order valence-electron chi connectivity index (χ0n) is 14.8. The Labute approximate surface area is 148 Å². The highest BCUT2D eigenvalue weighted by Crippen LogP contribution is 2.17. The molecule has 0 amide bonds. The lowest BCUT2D eigenvalue weighted by Crippen LogP contribution is -2.09. The number of fused-ring (bicyclic) bond motifs is 1. The Kier molecular flexibility index (Phi) is 5.36. The van der Waals surface area contributed by atoms with E-state index in [-0.39, 0.29) is 5.43 Å². The van der Waals surface area contributed by atoms with Crippen molar-refractivity contribution in [1.82, 2.24) is 0 Å². The monoisotopic (exact) mass is 330 g/mol. The number of para-hydroxylation sites is 1. The lowest BCUT2D eigenvalue weighted by atomic mass is 10.0. The summed E-state index contributed by atoms with van der Waals surface area (Å²) in [6.45, 7) is 3.98. The molecule has 3 rings (SSSR count). The molecule has 1 aromatic heterocycles. The second-order valence-corrected chi connectivity index (χ2v) is 6.22. The van der Waals surface area contributed by atoms with Gasteiger partial charge in [-0.25, -0.2) is 0 Å². The van der Waals surface area contributed by atoms with E-state index >= 15 is 0 Å². The van der Waals surface area contributed by atoms with Crippen LogP contribution in [0.2, 0.25) is 0 Å².